The Kier molecular flexibility index (Phi) is 6.31. The van der Waals surface area contributed by atoms with Crippen LogP contribution in [0.15, 0.2) is 89.8 Å². The van der Waals surface area contributed by atoms with E-state index >= 15 is 0 Å². The second kappa shape index (κ2) is 9.07. The number of methoxy groups -OCH3 is 1. The number of ether oxygens (including phenoxy) is 1. The van der Waals surface area contributed by atoms with E-state index in [-0.39, 0.29) is 10.8 Å². The number of para-hydroxylation sites is 2. The first kappa shape index (κ1) is 20.2. The zero-order valence-electron chi connectivity index (χ0n) is 15.7. The summed E-state index contributed by atoms with van der Waals surface area (Å²) in [6, 6.07) is 22.1. The topological polar surface area (TPSA) is 84.5 Å². The van der Waals surface area contributed by atoms with Crippen LogP contribution in [0.5, 0.6) is 5.75 Å². The smallest absolute Gasteiger partial charge is 0.262 e. The highest BCUT2D eigenvalue weighted by molar-refractivity contribution is 7.92. The van der Waals surface area contributed by atoms with Gasteiger partial charge >= 0.3 is 0 Å². The first-order valence-electron chi connectivity index (χ1n) is 8.78. The van der Waals surface area contributed by atoms with Crippen molar-refractivity contribution in [3.63, 3.8) is 0 Å². The maximum absolute atomic E-state index is 12.6. The lowest BCUT2D eigenvalue weighted by Gasteiger charge is -2.12. The summed E-state index contributed by atoms with van der Waals surface area (Å²) < 4.78 is 32.9. The average molecular weight is 408 g/mol. The number of carbonyl (C=O) groups excluding carboxylic acids is 1. The highest BCUT2D eigenvalue weighted by Crippen LogP contribution is 2.26. The van der Waals surface area contributed by atoms with Crippen LogP contribution in [-0.2, 0) is 14.8 Å². The normalized spacial score (nSPS) is 11.2. The highest BCUT2D eigenvalue weighted by Gasteiger charge is 2.16. The molecule has 0 aromatic heterocycles. The molecule has 0 spiro atoms. The maximum atomic E-state index is 12.6. The molecule has 0 saturated carbocycles. The van der Waals surface area contributed by atoms with Crippen LogP contribution in [-0.4, -0.2) is 21.4 Å². The minimum Gasteiger partial charge on any atom is -0.495 e. The Hall–Kier alpha value is -3.58. The minimum atomic E-state index is -3.79. The summed E-state index contributed by atoms with van der Waals surface area (Å²) in [4.78, 5) is 12.1. The molecule has 0 saturated heterocycles. The number of anilines is 2. The van der Waals surface area contributed by atoms with Gasteiger partial charge in [0.1, 0.15) is 5.75 Å². The van der Waals surface area contributed by atoms with Gasteiger partial charge in [-0.15, -0.1) is 0 Å². The minimum absolute atomic E-state index is 0.0706. The fraction of sp³-hybridized carbons (Fsp3) is 0.0455. The standard InChI is InChI=1S/C22H20N2O4S/c1-28-21-10-6-5-9-20(21)24-29(26,27)19-14-12-18(13-15-19)23-22(25)16-11-17-7-3-2-4-8-17/h2-16,24H,1H3,(H,23,25)/b16-11+. The number of hydrogen-bond acceptors (Lipinski definition) is 4. The summed E-state index contributed by atoms with van der Waals surface area (Å²) in [7, 11) is -2.33. The molecule has 0 unspecified atom stereocenters. The van der Waals surface area contributed by atoms with Gasteiger partial charge in [0, 0.05) is 11.8 Å². The van der Waals surface area contributed by atoms with Gasteiger partial charge in [-0.05, 0) is 48.0 Å². The van der Waals surface area contributed by atoms with E-state index in [9.17, 15) is 13.2 Å². The molecule has 148 valence electrons. The number of rotatable bonds is 7. The van der Waals surface area contributed by atoms with Gasteiger partial charge < -0.3 is 10.1 Å². The Bertz CT molecular complexity index is 1110. The van der Waals surface area contributed by atoms with Crippen molar-refractivity contribution >= 4 is 33.4 Å². The van der Waals surface area contributed by atoms with Crippen molar-refractivity contribution in [3.8, 4) is 5.75 Å². The van der Waals surface area contributed by atoms with E-state index in [0.29, 0.717) is 17.1 Å². The Morgan fingerprint density at radius 3 is 2.24 bits per heavy atom. The molecule has 6 nitrogen and oxygen atoms in total. The van der Waals surface area contributed by atoms with Gasteiger partial charge in [-0.2, -0.15) is 0 Å². The maximum Gasteiger partial charge on any atom is 0.262 e. The van der Waals surface area contributed by atoms with Gasteiger partial charge in [-0.1, -0.05) is 42.5 Å². The molecule has 0 bridgehead atoms. The molecule has 0 atom stereocenters. The first-order chi connectivity index (χ1) is 14.0. The predicted molar refractivity (Wildman–Crippen MR) is 114 cm³/mol. The van der Waals surface area contributed by atoms with Crippen molar-refractivity contribution in [1.82, 2.24) is 0 Å². The van der Waals surface area contributed by atoms with E-state index in [4.69, 9.17) is 4.74 Å². The van der Waals surface area contributed by atoms with Gasteiger partial charge in [-0.25, -0.2) is 8.42 Å². The molecule has 3 aromatic carbocycles. The van der Waals surface area contributed by atoms with Crippen molar-refractivity contribution in [2.75, 3.05) is 17.1 Å². The quantitative estimate of drug-likeness (QED) is 0.575. The number of carbonyl (C=O) groups is 1. The van der Waals surface area contributed by atoms with Gasteiger partial charge in [0.15, 0.2) is 0 Å². The molecule has 0 radical (unpaired) electrons. The second-order valence-corrected chi connectivity index (χ2v) is 7.75. The molecule has 0 heterocycles. The number of benzene rings is 3. The van der Waals surface area contributed by atoms with Gasteiger partial charge in [0.05, 0.1) is 17.7 Å². The fourth-order valence-electron chi connectivity index (χ4n) is 2.57. The zero-order valence-corrected chi connectivity index (χ0v) is 16.5. The van der Waals surface area contributed by atoms with E-state index in [1.807, 2.05) is 30.3 Å². The van der Waals surface area contributed by atoms with Crippen LogP contribution in [0, 0.1) is 0 Å². The number of hydrogen-bond donors (Lipinski definition) is 2. The SMILES string of the molecule is COc1ccccc1NS(=O)(=O)c1ccc(NC(=O)/C=C/c2ccccc2)cc1. The number of sulfonamides is 1. The molecular formula is C22H20N2O4S. The van der Waals surface area contributed by atoms with E-state index < -0.39 is 10.0 Å². The van der Waals surface area contributed by atoms with Crippen molar-refractivity contribution < 1.29 is 17.9 Å². The second-order valence-electron chi connectivity index (χ2n) is 6.06. The van der Waals surface area contributed by atoms with E-state index in [2.05, 4.69) is 10.0 Å². The summed E-state index contributed by atoms with van der Waals surface area (Å²) >= 11 is 0. The zero-order chi connectivity index (χ0) is 20.7. The van der Waals surface area contributed by atoms with E-state index in [0.717, 1.165) is 5.56 Å². The van der Waals surface area contributed by atoms with Crippen LogP contribution in [0.4, 0.5) is 11.4 Å². The lowest BCUT2D eigenvalue weighted by atomic mass is 10.2. The van der Waals surface area contributed by atoms with Gasteiger partial charge in [0.25, 0.3) is 10.0 Å². The van der Waals surface area contributed by atoms with Crippen LogP contribution < -0.4 is 14.8 Å². The summed E-state index contributed by atoms with van der Waals surface area (Å²) in [6.07, 6.45) is 3.12. The van der Waals surface area contributed by atoms with Crippen molar-refractivity contribution in [2.45, 2.75) is 4.90 Å². The van der Waals surface area contributed by atoms with Crippen molar-refractivity contribution in [1.29, 1.82) is 0 Å². The number of amides is 1. The molecule has 7 heteroatoms. The lowest BCUT2D eigenvalue weighted by Crippen LogP contribution is -2.14. The lowest BCUT2D eigenvalue weighted by molar-refractivity contribution is -0.111. The van der Waals surface area contributed by atoms with Crippen molar-refractivity contribution in [2.24, 2.45) is 0 Å². The third kappa shape index (κ3) is 5.46. The third-order valence-corrected chi connectivity index (χ3v) is 5.39. The molecule has 1 amide bonds. The van der Waals surface area contributed by atoms with E-state index in [1.54, 1.807) is 30.3 Å². The number of nitrogens with one attached hydrogen (secondary N) is 2. The Morgan fingerprint density at radius 1 is 0.897 bits per heavy atom. The molecule has 0 aliphatic heterocycles. The van der Waals surface area contributed by atoms with Gasteiger partial charge in [-0.3, -0.25) is 9.52 Å². The molecule has 3 aromatic rings. The average Bonchev–Trinajstić information content (AvgIpc) is 2.73. The molecule has 3 rings (SSSR count). The molecule has 2 N–H and O–H groups in total. The predicted octanol–water partition coefficient (Wildman–Crippen LogP) is 4.15. The molecule has 29 heavy (non-hydrogen) atoms. The van der Waals surface area contributed by atoms with E-state index in [1.165, 1.54) is 37.5 Å². The highest BCUT2D eigenvalue weighted by atomic mass is 32.2. The summed E-state index contributed by atoms with van der Waals surface area (Å²) in [5.74, 6) is 0.113. The monoisotopic (exact) mass is 408 g/mol. The van der Waals surface area contributed by atoms with Crippen LogP contribution in [0.2, 0.25) is 0 Å². The van der Waals surface area contributed by atoms with Crippen molar-refractivity contribution in [3.05, 3.63) is 90.5 Å². The summed E-state index contributed by atoms with van der Waals surface area (Å²) in [5, 5.41) is 2.70. The van der Waals surface area contributed by atoms with Crippen LogP contribution in [0.3, 0.4) is 0 Å². The Balaban J connectivity index is 1.67. The van der Waals surface area contributed by atoms with Crippen LogP contribution in [0.1, 0.15) is 5.56 Å². The summed E-state index contributed by atoms with van der Waals surface area (Å²) in [5.41, 5.74) is 1.74. The summed E-state index contributed by atoms with van der Waals surface area (Å²) in [6.45, 7) is 0. The van der Waals surface area contributed by atoms with Gasteiger partial charge in [0.2, 0.25) is 5.91 Å². The molecule has 0 fully saturated rings. The molecular weight excluding hydrogens is 388 g/mol. The van der Waals surface area contributed by atoms with Crippen LogP contribution >= 0.6 is 0 Å². The Morgan fingerprint density at radius 2 is 1.55 bits per heavy atom. The van der Waals surface area contributed by atoms with Crippen LogP contribution in [0.25, 0.3) is 6.08 Å². The first-order valence-corrected chi connectivity index (χ1v) is 10.3. The molecule has 0 aliphatic rings. The Labute approximate surface area is 169 Å². The third-order valence-electron chi connectivity index (χ3n) is 4.01. The largest absolute Gasteiger partial charge is 0.495 e. The molecule has 0 aliphatic carbocycles. The fourth-order valence-corrected chi connectivity index (χ4v) is 3.64.